The Bertz CT molecular complexity index is 557. The standard InChI is InChI=1S/C10H7BrN2O5/c11-5-1-2-6(8(3-5)13(16)17)7-4-9(10(14)15)18-12-7/h1-3,9H,4H2,(H,14,15). The zero-order chi connectivity index (χ0) is 13.3. The first-order valence-electron chi connectivity index (χ1n) is 4.89. The smallest absolute Gasteiger partial charge is 0.348 e. The fourth-order valence-electron chi connectivity index (χ4n) is 1.57. The van der Waals surface area contributed by atoms with Gasteiger partial charge in [-0.2, -0.15) is 0 Å². The molecule has 0 radical (unpaired) electrons. The summed E-state index contributed by atoms with van der Waals surface area (Å²) < 4.78 is 0.562. The topological polar surface area (TPSA) is 102 Å². The van der Waals surface area contributed by atoms with Gasteiger partial charge in [-0.3, -0.25) is 10.1 Å². The summed E-state index contributed by atoms with van der Waals surface area (Å²) in [6.07, 6.45) is -1.07. The number of nitrogens with zero attached hydrogens (tertiary/aromatic N) is 2. The molecule has 1 aliphatic rings. The number of hydrogen-bond acceptors (Lipinski definition) is 5. The summed E-state index contributed by atoms with van der Waals surface area (Å²) in [5.74, 6) is -1.14. The maximum absolute atomic E-state index is 10.9. The van der Waals surface area contributed by atoms with Crippen molar-refractivity contribution >= 4 is 33.3 Å². The van der Waals surface area contributed by atoms with Crippen LogP contribution in [0.25, 0.3) is 0 Å². The summed E-state index contributed by atoms with van der Waals surface area (Å²) in [7, 11) is 0. The number of oxime groups is 1. The van der Waals surface area contributed by atoms with Crippen molar-refractivity contribution in [3.63, 3.8) is 0 Å². The number of hydrogen-bond donors (Lipinski definition) is 1. The monoisotopic (exact) mass is 314 g/mol. The van der Waals surface area contributed by atoms with Crippen molar-refractivity contribution in [3.05, 3.63) is 38.3 Å². The highest BCUT2D eigenvalue weighted by Crippen LogP contribution is 2.27. The predicted octanol–water partition coefficient (Wildman–Crippen LogP) is 1.93. The number of rotatable bonds is 3. The second kappa shape index (κ2) is 4.73. The molecule has 0 saturated carbocycles. The molecule has 1 N–H and O–H groups in total. The number of nitro benzene ring substituents is 1. The Hall–Kier alpha value is -1.96. The van der Waals surface area contributed by atoms with Crippen molar-refractivity contribution < 1.29 is 19.7 Å². The maximum atomic E-state index is 10.9. The van der Waals surface area contributed by atoms with Gasteiger partial charge in [0.25, 0.3) is 5.69 Å². The molecule has 1 aromatic carbocycles. The van der Waals surface area contributed by atoms with E-state index in [1.54, 1.807) is 6.07 Å². The second-order valence-electron chi connectivity index (χ2n) is 3.59. The molecule has 0 aliphatic carbocycles. The Labute approximate surface area is 109 Å². The molecule has 0 spiro atoms. The summed E-state index contributed by atoms with van der Waals surface area (Å²) in [4.78, 5) is 25.8. The summed E-state index contributed by atoms with van der Waals surface area (Å²) in [5, 5.41) is 23.3. The first-order chi connectivity index (χ1) is 8.49. The van der Waals surface area contributed by atoms with Crippen molar-refractivity contribution in [2.24, 2.45) is 5.16 Å². The Morgan fingerprint density at radius 2 is 2.33 bits per heavy atom. The van der Waals surface area contributed by atoms with E-state index in [0.717, 1.165) is 0 Å². The van der Waals surface area contributed by atoms with Crippen molar-refractivity contribution in [2.75, 3.05) is 0 Å². The molecule has 8 heteroatoms. The lowest BCUT2D eigenvalue weighted by atomic mass is 10.0. The van der Waals surface area contributed by atoms with E-state index < -0.39 is 17.0 Å². The van der Waals surface area contributed by atoms with E-state index >= 15 is 0 Å². The Kier molecular flexibility index (Phi) is 3.28. The van der Waals surface area contributed by atoms with Gasteiger partial charge in [0, 0.05) is 17.0 Å². The van der Waals surface area contributed by atoms with Crippen LogP contribution in [-0.4, -0.2) is 27.8 Å². The normalized spacial score (nSPS) is 18.1. The van der Waals surface area contributed by atoms with Gasteiger partial charge < -0.3 is 9.94 Å². The van der Waals surface area contributed by atoms with Crippen LogP contribution in [-0.2, 0) is 9.63 Å². The molecule has 2 rings (SSSR count). The SMILES string of the molecule is O=C(O)C1CC(c2ccc(Br)cc2[N+](=O)[O-])=NO1. The van der Waals surface area contributed by atoms with Crippen LogP contribution in [0.5, 0.6) is 0 Å². The molecule has 0 bridgehead atoms. The van der Waals surface area contributed by atoms with E-state index in [0.29, 0.717) is 4.47 Å². The number of benzene rings is 1. The van der Waals surface area contributed by atoms with Crippen molar-refractivity contribution in [1.29, 1.82) is 0 Å². The van der Waals surface area contributed by atoms with Gasteiger partial charge in [-0.1, -0.05) is 21.1 Å². The molecule has 0 aromatic heterocycles. The molecule has 1 heterocycles. The van der Waals surface area contributed by atoms with E-state index in [1.165, 1.54) is 12.1 Å². The quantitative estimate of drug-likeness (QED) is 0.678. The molecule has 1 unspecified atom stereocenters. The van der Waals surface area contributed by atoms with Crippen LogP contribution >= 0.6 is 15.9 Å². The summed E-state index contributed by atoms with van der Waals surface area (Å²) in [6, 6.07) is 4.47. The molecule has 18 heavy (non-hydrogen) atoms. The minimum absolute atomic E-state index is 0.0117. The molecular formula is C10H7BrN2O5. The number of carboxylic acids is 1. The summed E-state index contributed by atoms with van der Waals surface area (Å²) >= 11 is 3.14. The third-order valence-corrected chi connectivity index (χ3v) is 2.90. The number of halogens is 1. The van der Waals surface area contributed by atoms with E-state index in [9.17, 15) is 14.9 Å². The summed E-state index contributed by atoms with van der Waals surface area (Å²) in [5.41, 5.74) is 0.395. The van der Waals surface area contributed by atoms with E-state index in [-0.39, 0.29) is 23.4 Å². The lowest BCUT2D eigenvalue weighted by molar-refractivity contribution is -0.385. The fraction of sp³-hybridized carbons (Fsp3) is 0.200. The second-order valence-corrected chi connectivity index (χ2v) is 4.51. The van der Waals surface area contributed by atoms with E-state index in [2.05, 4.69) is 21.1 Å². The molecule has 0 fully saturated rings. The van der Waals surface area contributed by atoms with Gasteiger partial charge in [0.1, 0.15) is 0 Å². The van der Waals surface area contributed by atoms with Gasteiger partial charge in [-0.25, -0.2) is 4.79 Å². The number of carboxylic acid groups (broad SMARTS) is 1. The van der Waals surface area contributed by atoms with E-state index in [1.807, 2.05) is 0 Å². The average molecular weight is 315 g/mol. The predicted molar refractivity (Wildman–Crippen MR) is 64.5 cm³/mol. The zero-order valence-corrected chi connectivity index (χ0v) is 10.5. The maximum Gasteiger partial charge on any atom is 0.348 e. The van der Waals surface area contributed by atoms with Crippen LogP contribution in [0.15, 0.2) is 27.8 Å². The van der Waals surface area contributed by atoms with Crippen LogP contribution in [0.3, 0.4) is 0 Å². The molecule has 94 valence electrons. The third-order valence-electron chi connectivity index (χ3n) is 2.41. The van der Waals surface area contributed by atoms with Crippen molar-refractivity contribution in [2.45, 2.75) is 12.5 Å². The lowest BCUT2D eigenvalue weighted by Gasteiger charge is -2.02. The van der Waals surface area contributed by atoms with Crippen molar-refractivity contribution in [3.8, 4) is 0 Å². The number of aliphatic carboxylic acids is 1. The zero-order valence-electron chi connectivity index (χ0n) is 8.87. The number of nitro groups is 1. The van der Waals surface area contributed by atoms with Gasteiger partial charge in [-0.05, 0) is 12.1 Å². The third kappa shape index (κ3) is 2.33. The van der Waals surface area contributed by atoms with E-state index in [4.69, 9.17) is 9.94 Å². The van der Waals surface area contributed by atoms with Crippen LogP contribution in [0, 0.1) is 10.1 Å². The largest absolute Gasteiger partial charge is 0.478 e. The van der Waals surface area contributed by atoms with Crippen LogP contribution in [0.1, 0.15) is 12.0 Å². The van der Waals surface area contributed by atoms with Crippen LogP contribution < -0.4 is 0 Å². The average Bonchev–Trinajstić information content (AvgIpc) is 2.78. The highest BCUT2D eigenvalue weighted by Gasteiger charge is 2.31. The molecule has 0 saturated heterocycles. The van der Waals surface area contributed by atoms with Crippen LogP contribution in [0.4, 0.5) is 5.69 Å². The van der Waals surface area contributed by atoms with Crippen molar-refractivity contribution in [1.82, 2.24) is 0 Å². The Balaban J connectivity index is 2.35. The molecule has 1 aromatic rings. The summed E-state index contributed by atoms with van der Waals surface area (Å²) in [6.45, 7) is 0. The molecular weight excluding hydrogens is 308 g/mol. The van der Waals surface area contributed by atoms with Crippen LogP contribution in [0.2, 0.25) is 0 Å². The first-order valence-corrected chi connectivity index (χ1v) is 5.68. The molecule has 7 nitrogen and oxygen atoms in total. The number of carbonyl (C=O) groups is 1. The fourth-order valence-corrected chi connectivity index (χ4v) is 1.92. The molecule has 0 amide bonds. The van der Waals surface area contributed by atoms with Gasteiger partial charge >= 0.3 is 5.97 Å². The molecule has 1 atom stereocenters. The highest BCUT2D eigenvalue weighted by molar-refractivity contribution is 9.10. The van der Waals surface area contributed by atoms with Gasteiger partial charge in [0.15, 0.2) is 0 Å². The lowest BCUT2D eigenvalue weighted by Crippen LogP contribution is -2.20. The minimum Gasteiger partial charge on any atom is -0.478 e. The molecule has 1 aliphatic heterocycles. The van der Waals surface area contributed by atoms with Gasteiger partial charge in [-0.15, -0.1) is 0 Å². The van der Waals surface area contributed by atoms with Gasteiger partial charge in [0.05, 0.1) is 16.2 Å². The Morgan fingerprint density at radius 3 is 2.89 bits per heavy atom. The Morgan fingerprint density at radius 1 is 1.61 bits per heavy atom. The minimum atomic E-state index is -1.14. The first kappa shape index (κ1) is 12.5. The highest BCUT2D eigenvalue weighted by atomic mass is 79.9. The van der Waals surface area contributed by atoms with Gasteiger partial charge in [0.2, 0.25) is 6.10 Å².